The first-order valence-electron chi connectivity index (χ1n) is 7.52. The number of thioether (sulfide) groups is 1. The molecule has 1 aromatic rings. The molecular formula is C15H20N2O4S2. The molecule has 6 nitrogen and oxygen atoms in total. The number of amides is 2. The van der Waals surface area contributed by atoms with Crippen LogP contribution in [0.5, 0.6) is 0 Å². The summed E-state index contributed by atoms with van der Waals surface area (Å²) in [7, 11) is -3.43. The molecule has 0 spiro atoms. The highest BCUT2D eigenvalue weighted by molar-refractivity contribution is 8.14. The van der Waals surface area contributed by atoms with Crippen molar-refractivity contribution in [3.63, 3.8) is 0 Å². The van der Waals surface area contributed by atoms with Crippen molar-refractivity contribution in [2.45, 2.75) is 30.6 Å². The molecule has 0 unspecified atom stereocenters. The van der Waals surface area contributed by atoms with E-state index in [2.05, 4.69) is 4.72 Å². The summed E-state index contributed by atoms with van der Waals surface area (Å²) < 4.78 is 26.5. The van der Waals surface area contributed by atoms with E-state index in [9.17, 15) is 18.0 Å². The molecule has 0 radical (unpaired) electrons. The van der Waals surface area contributed by atoms with Crippen molar-refractivity contribution in [3.8, 4) is 0 Å². The van der Waals surface area contributed by atoms with Crippen LogP contribution in [0.25, 0.3) is 0 Å². The molecule has 0 atom stereocenters. The van der Waals surface area contributed by atoms with Crippen LogP contribution in [0.15, 0.2) is 35.2 Å². The number of carbonyl (C=O) groups is 2. The number of nitrogens with zero attached hydrogens (tertiary/aromatic N) is 1. The minimum absolute atomic E-state index is 0.115. The zero-order valence-corrected chi connectivity index (χ0v) is 14.4. The van der Waals surface area contributed by atoms with Crippen LogP contribution in [-0.2, 0) is 14.8 Å². The molecule has 1 aromatic carbocycles. The third-order valence-corrected chi connectivity index (χ3v) is 5.83. The second kappa shape index (κ2) is 8.47. The maximum atomic E-state index is 12.0. The Bertz CT molecular complexity index is 631. The lowest BCUT2D eigenvalue weighted by molar-refractivity contribution is -0.124. The maximum Gasteiger partial charge on any atom is 0.288 e. The van der Waals surface area contributed by atoms with E-state index in [0.717, 1.165) is 37.4 Å². The number of imide groups is 1. The summed E-state index contributed by atoms with van der Waals surface area (Å²) >= 11 is 1.05. The van der Waals surface area contributed by atoms with Crippen molar-refractivity contribution < 1.29 is 18.0 Å². The average Bonchev–Trinajstić information content (AvgIpc) is 2.86. The van der Waals surface area contributed by atoms with E-state index in [1.807, 2.05) is 0 Å². The molecule has 1 heterocycles. The monoisotopic (exact) mass is 356 g/mol. The minimum atomic E-state index is -3.43. The van der Waals surface area contributed by atoms with Gasteiger partial charge in [-0.15, -0.1) is 0 Å². The van der Waals surface area contributed by atoms with E-state index < -0.39 is 10.0 Å². The van der Waals surface area contributed by atoms with Crippen molar-refractivity contribution in [1.29, 1.82) is 0 Å². The van der Waals surface area contributed by atoms with E-state index >= 15 is 0 Å². The molecule has 23 heavy (non-hydrogen) atoms. The van der Waals surface area contributed by atoms with Crippen LogP contribution >= 0.6 is 11.8 Å². The number of sulfonamides is 1. The van der Waals surface area contributed by atoms with E-state index in [4.69, 9.17) is 0 Å². The highest BCUT2D eigenvalue weighted by atomic mass is 32.2. The number of rotatable bonds is 9. The van der Waals surface area contributed by atoms with Gasteiger partial charge < -0.3 is 0 Å². The first-order chi connectivity index (χ1) is 11.0. The molecule has 8 heteroatoms. The summed E-state index contributed by atoms with van der Waals surface area (Å²) in [5, 5.41) is -0.161. The lowest BCUT2D eigenvalue weighted by Crippen LogP contribution is -2.29. The van der Waals surface area contributed by atoms with Gasteiger partial charge >= 0.3 is 0 Å². The van der Waals surface area contributed by atoms with Gasteiger partial charge in [0.05, 0.1) is 10.6 Å². The molecule has 1 fully saturated rings. The summed E-state index contributed by atoms with van der Waals surface area (Å²) in [6.07, 6.45) is 3.18. The van der Waals surface area contributed by atoms with Crippen LogP contribution in [0.1, 0.15) is 25.7 Å². The molecule has 1 aliphatic heterocycles. The van der Waals surface area contributed by atoms with Crippen molar-refractivity contribution in [2.24, 2.45) is 0 Å². The number of benzene rings is 1. The first-order valence-corrected chi connectivity index (χ1v) is 9.99. The number of unbranched alkanes of at least 4 members (excludes halogenated alkanes) is 3. The topological polar surface area (TPSA) is 83.6 Å². The smallest absolute Gasteiger partial charge is 0.273 e. The SMILES string of the molecule is O=C1CSC(=O)N1CCCCCCNS(=O)(=O)c1ccccc1. The second-order valence-corrected chi connectivity index (χ2v) is 7.92. The van der Waals surface area contributed by atoms with Crippen molar-refractivity contribution in [1.82, 2.24) is 9.62 Å². The van der Waals surface area contributed by atoms with E-state index in [-0.39, 0.29) is 21.8 Å². The third-order valence-electron chi connectivity index (χ3n) is 3.49. The Balaban J connectivity index is 1.59. The molecule has 126 valence electrons. The van der Waals surface area contributed by atoms with Gasteiger partial charge in [0.15, 0.2) is 0 Å². The zero-order valence-electron chi connectivity index (χ0n) is 12.7. The number of hydrogen-bond acceptors (Lipinski definition) is 5. The summed E-state index contributed by atoms with van der Waals surface area (Å²) in [5.41, 5.74) is 0. The maximum absolute atomic E-state index is 12.0. The van der Waals surface area contributed by atoms with Gasteiger partial charge in [-0.25, -0.2) is 13.1 Å². The predicted molar refractivity (Wildman–Crippen MR) is 89.7 cm³/mol. The molecule has 2 amide bonds. The Morgan fingerprint density at radius 3 is 2.39 bits per heavy atom. The largest absolute Gasteiger partial charge is 0.288 e. The number of nitrogens with one attached hydrogen (secondary N) is 1. The summed E-state index contributed by atoms with van der Waals surface area (Å²) in [4.78, 5) is 24.4. The molecule has 0 bridgehead atoms. The molecular weight excluding hydrogens is 336 g/mol. The van der Waals surface area contributed by atoms with Crippen molar-refractivity contribution in [2.75, 3.05) is 18.8 Å². The van der Waals surface area contributed by atoms with Crippen LogP contribution in [0.3, 0.4) is 0 Å². The Morgan fingerprint density at radius 2 is 1.74 bits per heavy atom. The number of carbonyl (C=O) groups excluding carboxylic acids is 2. The normalized spacial score (nSPS) is 15.4. The van der Waals surface area contributed by atoms with Gasteiger partial charge in [0, 0.05) is 13.1 Å². The fourth-order valence-corrected chi connectivity index (χ4v) is 4.08. The Morgan fingerprint density at radius 1 is 1.04 bits per heavy atom. The zero-order chi connectivity index (χ0) is 16.7. The molecule has 2 rings (SSSR count). The highest BCUT2D eigenvalue weighted by Crippen LogP contribution is 2.19. The lowest BCUT2D eigenvalue weighted by atomic mass is 10.2. The van der Waals surface area contributed by atoms with Gasteiger partial charge in [-0.05, 0) is 25.0 Å². The predicted octanol–water partition coefficient (Wildman–Crippen LogP) is 2.22. The molecule has 1 saturated heterocycles. The van der Waals surface area contributed by atoms with Gasteiger partial charge in [0.25, 0.3) is 5.24 Å². The van der Waals surface area contributed by atoms with Crippen LogP contribution < -0.4 is 4.72 Å². The first kappa shape index (κ1) is 18.0. The number of hydrogen-bond donors (Lipinski definition) is 1. The third kappa shape index (κ3) is 5.33. The Kier molecular flexibility index (Phi) is 6.61. The summed E-state index contributed by atoms with van der Waals surface area (Å²) in [6, 6.07) is 8.27. The summed E-state index contributed by atoms with van der Waals surface area (Å²) in [6.45, 7) is 0.842. The quantitative estimate of drug-likeness (QED) is 0.686. The second-order valence-electron chi connectivity index (χ2n) is 5.22. The van der Waals surface area contributed by atoms with Gasteiger partial charge in [-0.1, -0.05) is 42.8 Å². The fourth-order valence-electron chi connectivity index (χ4n) is 2.24. The minimum Gasteiger partial charge on any atom is -0.273 e. The molecule has 1 aliphatic rings. The molecule has 0 aromatic heterocycles. The van der Waals surface area contributed by atoms with Crippen LogP contribution in [0.2, 0.25) is 0 Å². The lowest BCUT2D eigenvalue weighted by Gasteiger charge is -2.12. The van der Waals surface area contributed by atoms with Gasteiger partial charge in [0.2, 0.25) is 15.9 Å². The van der Waals surface area contributed by atoms with Crippen molar-refractivity contribution in [3.05, 3.63) is 30.3 Å². The van der Waals surface area contributed by atoms with E-state index in [1.165, 1.54) is 4.90 Å². The summed E-state index contributed by atoms with van der Waals surface area (Å²) in [5.74, 6) is 0.135. The van der Waals surface area contributed by atoms with E-state index in [1.54, 1.807) is 30.3 Å². The van der Waals surface area contributed by atoms with Crippen molar-refractivity contribution >= 4 is 32.9 Å². The van der Waals surface area contributed by atoms with Gasteiger partial charge in [-0.2, -0.15) is 0 Å². The average molecular weight is 356 g/mol. The highest BCUT2D eigenvalue weighted by Gasteiger charge is 2.28. The van der Waals surface area contributed by atoms with Gasteiger partial charge in [-0.3, -0.25) is 14.5 Å². The standard InChI is InChI=1S/C15H20N2O4S2/c18-14-12-22-15(19)17(14)11-7-2-1-6-10-16-23(20,21)13-8-4-3-5-9-13/h3-5,8-9,16H,1-2,6-7,10-12H2. The van der Waals surface area contributed by atoms with Crippen LogP contribution in [-0.4, -0.2) is 43.3 Å². The van der Waals surface area contributed by atoms with Gasteiger partial charge in [0.1, 0.15) is 0 Å². The molecule has 0 saturated carbocycles. The Hall–Kier alpha value is -1.38. The molecule has 1 N–H and O–H groups in total. The molecule has 0 aliphatic carbocycles. The van der Waals surface area contributed by atoms with Crippen LogP contribution in [0.4, 0.5) is 4.79 Å². The van der Waals surface area contributed by atoms with Crippen LogP contribution in [0, 0.1) is 0 Å². The Labute approximate surface area is 140 Å². The fraction of sp³-hybridized carbons (Fsp3) is 0.467. The van der Waals surface area contributed by atoms with E-state index in [0.29, 0.717) is 13.1 Å².